The van der Waals surface area contributed by atoms with Gasteiger partial charge in [-0.05, 0) is 62.1 Å². The molecule has 0 spiro atoms. The maximum atomic E-state index is 13.3. The lowest BCUT2D eigenvalue weighted by Gasteiger charge is -2.42. The summed E-state index contributed by atoms with van der Waals surface area (Å²) in [5.41, 5.74) is 4.23. The zero-order chi connectivity index (χ0) is 26.3. The number of benzene rings is 1. The number of hydrogen-bond donors (Lipinski definition) is 1. The largest absolute Gasteiger partial charge is 0.434 e. The van der Waals surface area contributed by atoms with Crippen molar-refractivity contribution in [3.8, 4) is 5.75 Å². The van der Waals surface area contributed by atoms with Crippen LogP contribution in [0.5, 0.6) is 5.75 Å². The summed E-state index contributed by atoms with van der Waals surface area (Å²) >= 11 is 0. The molecule has 3 radical (unpaired) electrons. The standard InChI is InChI=1S/C27H26F2N3O4Si/c1-26(2,34)27(37)9-7-15(13-35-27)14-8-10-32-18(11-14)22-17-12-19(23(22)30-32)31(3)24(33)16-5-4-6-20(21(16)17)36-25(28)29/h4-8,10-11,17,19,25,34H,9,12-13H2,1-3H3/t17-,19-,27+/m1/s1. The van der Waals surface area contributed by atoms with Gasteiger partial charge in [-0.1, -0.05) is 12.1 Å². The summed E-state index contributed by atoms with van der Waals surface area (Å²) in [6.07, 6.45) is 4.94. The Kier molecular flexibility index (Phi) is 5.38. The Labute approximate surface area is 216 Å². The van der Waals surface area contributed by atoms with E-state index in [1.54, 1.807) is 42.4 Å². The van der Waals surface area contributed by atoms with Gasteiger partial charge in [-0.2, -0.15) is 13.9 Å². The normalized spacial score (nSPS) is 25.2. The van der Waals surface area contributed by atoms with Crippen LogP contribution in [0.25, 0.3) is 11.1 Å². The molecule has 6 rings (SSSR count). The molecular weight excluding hydrogens is 496 g/mol. The maximum absolute atomic E-state index is 13.3. The second-order valence-corrected chi connectivity index (χ2v) is 11.3. The summed E-state index contributed by atoms with van der Waals surface area (Å²) in [5, 5.41) is 14.4. The lowest BCUT2D eigenvalue weighted by molar-refractivity contribution is -0.110. The predicted molar refractivity (Wildman–Crippen MR) is 133 cm³/mol. The van der Waals surface area contributed by atoms with Crippen LogP contribution in [-0.4, -0.2) is 66.9 Å². The van der Waals surface area contributed by atoms with Crippen LogP contribution < -0.4 is 4.74 Å². The van der Waals surface area contributed by atoms with E-state index < -0.39 is 17.4 Å². The van der Waals surface area contributed by atoms with Crippen molar-refractivity contribution in [2.45, 2.75) is 56.1 Å². The van der Waals surface area contributed by atoms with E-state index in [1.807, 2.05) is 18.3 Å². The average Bonchev–Trinajstić information content (AvgIpc) is 3.36. The third kappa shape index (κ3) is 3.64. The molecule has 0 saturated carbocycles. The monoisotopic (exact) mass is 522 g/mol. The number of halogens is 2. The highest BCUT2D eigenvalue weighted by Crippen LogP contribution is 2.53. The van der Waals surface area contributed by atoms with Gasteiger partial charge in [-0.15, -0.1) is 0 Å². The minimum Gasteiger partial charge on any atom is -0.434 e. The predicted octanol–water partition coefficient (Wildman–Crippen LogP) is 4.04. The van der Waals surface area contributed by atoms with Gasteiger partial charge in [-0.25, -0.2) is 4.52 Å². The number of pyridine rings is 1. The topological polar surface area (TPSA) is 76.3 Å². The highest BCUT2D eigenvalue weighted by atomic mass is 28.1. The molecule has 3 atom stereocenters. The van der Waals surface area contributed by atoms with Gasteiger partial charge >= 0.3 is 6.61 Å². The second kappa shape index (κ2) is 8.21. The number of fused-ring (bicyclic) bond motifs is 9. The Balaban J connectivity index is 1.48. The van der Waals surface area contributed by atoms with Crippen LogP contribution in [0.3, 0.4) is 0 Å². The summed E-state index contributed by atoms with van der Waals surface area (Å²) in [4.78, 5) is 14.9. The number of aromatic nitrogens is 2. The summed E-state index contributed by atoms with van der Waals surface area (Å²) in [6, 6.07) is 8.44. The molecule has 37 heavy (non-hydrogen) atoms. The highest BCUT2D eigenvalue weighted by Gasteiger charge is 2.46. The van der Waals surface area contributed by atoms with E-state index in [1.165, 1.54) is 6.07 Å². The molecule has 191 valence electrons. The van der Waals surface area contributed by atoms with E-state index in [-0.39, 0.29) is 23.6 Å². The molecule has 10 heteroatoms. The Bertz CT molecular complexity index is 1460. The molecule has 0 saturated heterocycles. The molecule has 1 aliphatic carbocycles. The van der Waals surface area contributed by atoms with Crippen molar-refractivity contribution in [2.75, 3.05) is 13.7 Å². The molecule has 2 bridgehead atoms. The molecule has 7 nitrogen and oxygen atoms in total. The quantitative estimate of drug-likeness (QED) is 0.524. The van der Waals surface area contributed by atoms with Crippen molar-refractivity contribution in [1.29, 1.82) is 0 Å². The van der Waals surface area contributed by atoms with Crippen molar-refractivity contribution in [3.63, 3.8) is 0 Å². The molecule has 0 unspecified atom stereocenters. The zero-order valence-electron chi connectivity index (χ0n) is 20.7. The Morgan fingerprint density at radius 3 is 2.76 bits per heavy atom. The average molecular weight is 523 g/mol. The fraction of sp³-hybridized carbons (Fsp3) is 0.407. The number of alkyl halides is 2. The molecule has 1 amide bonds. The number of nitrogens with zero attached hydrogens (tertiary/aromatic N) is 3. The molecule has 2 aromatic heterocycles. The summed E-state index contributed by atoms with van der Waals surface area (Å²) in [7, 11) is 5.34. The van der Waals surface area contributed by atoms with Gasteiger partial charge in [-0.3, -0.25) is 4.79 Å². The van der Waals surface area contributed by atoms with Gasteiger partial charge in [0.15, 0.2) is 0 Å². The molecule has 1 N–H and O–H groups in total. The summed E-state index contributed by atoms with van der Waals surface area (Å²) in [6.45, 7) is 0.705. The first-order valence-corrected chi connectivity index (χ1v) is 12.7. The minimum absolute atomic E-state index is 0.0201. The van der Waals surface area contributed by atoms with Gasteiger partial charge in [0.2, 0.25) is 0 Å². The van der Waals surface area contributed by atoms with Gasteiger partial charge < -0.3 is 19.5 Å². The number of amides is 1. The fourth-order valence-corrected chi connectivity index (χ4v) is 5.95. The third-order valence-electron chi connectivity index (χ3n) is 7.94. The van der Waals surface area contributed by atoms with E-state index in [9.17, 15) is 18.7 Å². The van der Waals surface area contributed by atoms with Crippen molar-refractivity contribution < 1.29 is 28.2 Å². The molecule has 3 aromatic rings. The van der Waals surface area contributed by atoms with Crippen molar-refractivity contribution in [2.24, 2.45) is 0 Å². The van der Waals surface area contributed by atoms with Crippen molar-refractivity contribution in [3.05, 3.63) is 70.6 Å². The van der Waals surface area contributed by atoms with Crippen LogP contribution in [0.4, 0.5) is 8.78 Å². The SMILES string of the molecule is CN1C(=O)c2cccc(OC(F)F)c2[C@H]2C[C@@H]1c1nn3ccc(C4=CC[C@]([Si])(C(C)(C)O)OC4)cc3c12. The summed E-state index contributed by atoms with van der Waals surface area (Å²) < 4.78 is 39.3. The first-order chi connectivity index (χ1) is 17.5. The van der Waals surface area contributed by atoms with Gasteiger partial charge in [0.05, 0.1) is 44.9 Å². The third-order valence-corrected chi connectivity index (χ3v) is 8.90. The van der Waals surface area contributed by atoms with Crippen molar-refractivity contribution in [1.82, 2.24) is 14.5 Å². The van der Waals surface area contributed by atoms with Crippen LogP contribution in [0.1, 0.15) is 71.4 Å². The number of carbonyl (C=O) groups excluding carboxylic acids is 1. The minimum atomic E-state index is -3.00. The van der Waals surface area contributed by atoms with Crippen molar-refractivity contribution >= 4 is 27.2 Å². The second-order valence-electron chi connectivity index (χ2n) is 10.5. The number of carbonyl (C=O) groups is 1. The van der Waals surface area contributed by atoms with Crippen LogP contribution >= 0.6 is 0 Å². The van der Waals surface area contributed by atoms with Crippen LogP contribution in [0.2, 0.25) is 0 Å². The smallest absolute Gasteiger partial charge is 0.387 e. The van der Waals surface area contributed by atoms with E-state index in [4.69, 9.17) is 14.6 Å². The zero-order valence-corrected chi connectivity index (χ0v) is 21.7. The fourth-order valence-electron chi connectivity index (χ4n) is 5.78. The lowest BCUT2D eigenvalue weighted by atomic mass is 9.88. The van der Waals surface area contributed by atoms with E-state index in [0.29, 0.717) is 30.6 Å². The molecule has 3 aliphatic rings. The van der Waals surface area contributed by atoms with E-state index in [2.05, 4.69) is 16.3 Å². The van der Waals surface area contributed by atoms with E-state index >= 15 is 0 Å². The molecule has 0 fully saturated rings. The first kappa shape index (κ1) is 24.3. The number of hydrogen-bond acceptors (Lipinski definition) is 5. The molecular formula is C27H26F2N3O4Si. The molecule has 1 aromatic carbocycles. The van der Waals surface area contributed by atoms with Gasteiger partial charge in [0.25, 0.3) is 5.91 Å². The number of aliphatic hydroxyl groups is 1. The highest BCUT2D eigenvalue weighted by molar-refractivity contribution is 6.15. The maximum Gasteiger partial charge on any atom is 0.387 e. The molecule has 4 heterocycles. The Hall–Kier alpha value is -3.08. The van der Waals surface area contributed by atoms with Crippen LogP contribution in [-0.2, 0) is 4.74 Å². The van der Waals surface area contributed by atoms with E-state index in [0.717, 1.165) is 27.9 Å². The Morgan fingerprint density at radius 1 is 1.30 bits per heavy atom. The first-order valence-electron chi connectivity index (χ1n) is 12.2. The summed E-state index contributed by atoms with van der Waals surface area (Å²) in [5.74, 6) is -0.542. The lowest BCUT2D eigenvalue weighted by Crippen LogP contribution is -2.53. The van der Waals surface area contributed by atoms with Crippen LogP contribution in [0.15, 0.2) is 42.6 Å². The Morgan fingerprint density at radius 2 is 2.08 bits per heavy atom. The number of rotatable bonds is 4. The van der Waals surface area contributed by atoms with Gasteiger partial charge in [0.1, 0.15) is 5.75 Å². The van der Waals surface area contributed by atoms with Crippen LogP contribution in [0, 0.1) is 0 Å². The number of ether oxygens (including phenoxy) is 2. The van der Waals surface area contributed by atoms with Gasteiger partial charge in [0, 0.05) is 35.9 Å². The molecule has 2 aliphatic heterocycles.